The highest BCUT2D eigenvalue weighted by Crippen LogP contribution is 1.94. The highest BCUT2D eigenvalue weighted by atomic mass is 16.5. The molecule has 1 atom stereocenters. The highest BCUT2D eigenvalue weighted by Gasteiger charge is 2.19. The first-order chi connectivity index (χ1) is 7.63. The summed E-state index contributed by atoms with van der Waals surface area (Å²) in [7, 11) is 1.46. The molecule has 0 radical (unpaired) electrons. The van der Waals surface area contributed by atoms with Gasteiger partial charge in [0.1, 0.15) is 0 Å². The molecule has 0 aliphatic carbocycles. The predicted molar refractivity (Wildman–Crippen MR) is 57.6 cm³/mol. The van der Waals surface area contributed by atoms with Crippen LogP contribution in [0.1, 0.15) is 6.92 Å². The minimum absolute atomic E-state index is 0.356. The molecule has 0 spiro atoms. The van der Waals surface area contributed by atoms with Gasteiger partial charge in [-0.3, -0.25) is 10.1 Å². The van der Waals surface area contributed by atoms with Crippen molar-refractivity contribution in [2.45, 2.75) is 13.0 Å². The first-order valence-corrected chi connectivity index (χ1v) is 5.25. The van der Waals surface area contributed by atoms with Gasteiger partial charge in [0, 0.05) is 20.1 Å². The molecule has 0 bridgehead atoms. The summed E-state index contributed by atoms with van der Waals surface area (Å²) in [5.41, 5.74) is 3.01. The van der Waals surface area contributed by atoms with E-state index in [2.05, 4.69) is 16.1 Å². The van der Waals surface area contributed by atoms with E-state index in [0.29, 0.717) is 13.2 Å². The molecule has 92 valence electrons. The van der Waals surface area contributed by atoms with Crippen LogP contribution in [0.5, 0.6) is 0 Å². The van der Waals surface area contributed by atoms with Gasteiger partial charge >= 0.3 is 6.03 Å². The molecule has 0 aromatic rings. The van der Waals surface area contributed by atoms with Gasteiger partial charge in [-0.05, 0) is 6.92 Å². The van der Waals surface area contributed by atoms with Crippen LogP contribution in [0.3, 0.4) is 0 Å². The Labute approximate surface area is 94.5 Å². The average Bonchev–Trinajstić information content (AvgIpc) is 2.30. The molecule has 3 amide bonds. The Morgan fingerprint density at radius 3 is 2.50 bits per heavy atom. The van der Waals surface area contributed by atoms with E-state index in [9.17, 15) is 9.59 Å². The van der Waals surface area contributed by atoms with Crippen molar-refractivity contribution in [1.29, 1.82) is 0 Å². The molecule has 7 nitrogen and oxygen atoms in total. The SMILES string of the molecule is CNC(=O)NC(=O)C(C)NN1CCOCC1. The molecule has 7 heteroatoms. The third kappa shape index (κ3) is 4.13. The fourth-order valence-corrected chi connectivity index (χ4v) is 1.31. The lowest BCUT2D eigenvalue weighted by Crippen LogP contribution is -2.55. The molecule has 1 aliphatic rings. The molecule has 3 N–H and O–H groups in total. The quantitative estimate of drug-likeness (QED) is 0.559. The van der Waals surface area contributed by atoms with Gasteiger partial charge in [-0.1, -0.05) is 0 Å². The Hall–Kier alpha value is -1.18. The first kappa shape index (κ1) is 12.9. The third-order valence-corrected chi connectivity index (χ3v) is 2.24. The highest BCUT2D eigenvalue weighted by molar-refractivity contribution is 5.96. The van der Waals surface area contributed by atoms with Crippen LogP contribution in [0.2, 0.25) is 0 Å². The Morgan fingerprint density at radius 2 is 1.94 bits per heavy atom. The molecule has 0 aromatic carbocycles. The van der Waals surface area contributed by atoms with Gasteiger partial charge in [0.05, 0.1) is 19.3 Å². The van der Waals surface area contributed by atoms with Crippen LogP contribution in [0.4, 0.5) is 4.79 Å². The van der Waals surface area contributed by atoms with Crippen LogP contribution < -0.4 is 16.1 Å². The Kier molecular flexibility index (Phi) is 5.17. The van der Waals surface area contributed by atoms with Crippen molar-refractivity contribution in [1.82, 2.24) is 21.1 Å². The molecule has 1 unspecified atom stereocenters. The number of ether oxygens (including phenoxy) is 1. The van der Waals surface area contributed by atoms with Crippen LogP contribution in [0.15, 0.2) is 0 Å². The molecule has 0 saturated carbocycles. The largest absolute Gasteiger partial charge is 0.379 e. The van der Waals surface area contributed by atoms with Crippen LogP contribution >= 0.6 is 0 Å². The summed E-state index contributed by atoms with van der Waals surface area (Å²) >= 11 is 0. The topological polar surface area (TPSA) is 82.7 Å². The van der Waals surface area contributed by atoms with Gasteiger partial charge in [-0.2, -0.15) is 0 Å². The van der Waals surface area contributed by atoms with Crippen molar-refractivity contribution in [2.75, 3.05) is 33.4 Å². The van der Waals surface area contributed by atoms with Crippen LogP contribution in [-0.2, 0) is 9.53 Å². The zero-order chi connectivity index (χ0) is 12.0. The van der Waals surface area contributed by atoms with Crippen molar-refractivity contribution in [3.63, 3.8) is 0 Å². The summed E-state index contributed by atoms with van der Waals surface area (Å²) < 4.78 is 5.18. The first-order valence-electron chi connectivity index (χ1n) is 5.25. The zero-order valence-electron chi connectivity index (χ0n) is 9.58. The van der Waals surface area contributed by atoms with Crippen LogP contribution in [0.25, 0.3) is 0 Å². The Morgan fingerprint density at radius 1 is 1.31 bits per heavy atom. The molecule has 1 rings (SSSR count). The fraction of sp³-hybridized carbons (Fsp3) is 0.778. The van der Waals surface area contributed by atoms with Gasteiger partial charge in [0.2, 0.25) is 5.91 Å². The smallest absolute Gasteiger partial charge is 0.321 e. The number of hydrogen-bond acceptors (Lipinski definition) is 5. The number of morpholine rings is 1. The van der Waals surface area contributed by atoms with Crippen molar-refractivity contribution < 1.29 is 14.3 Å². The second-order valence-electron chi connectivity index (χ2n) is 3.52. The molecule has 0 aromatic heterocycles. The van der Waals surface area contributed by atoms with Crippen molar-refractivity contribution in [2.24, 2.45) is 0 Å². The Bertz CT molecular complexity index is 253. The van der Waals surface area contributed by atoms with Crippen molar-refractivity contribution in [3.05, 3.63) is 0 Å². The number of amides is 3. The lowest BCUT2D eigenvalue weighted by Gasteiger charge is -2.29. The van der Waals surface area contributed by atoms with Gasteiger partial charge in [-0.15, -0.1) is 0 Å². The molecular weight excluding hydrogens is 212 g/mol. The van der Waals surface area contributed by atoms with E-state index in [1.165, 1.54) is 7.05 Å². The van der Waals surface area contributed by atoms with E-state index in [4.69, 9.17) is 4.74 Å². The minimum Gasteiger partial charge on any atom is -0.379 e. The molecule has 1 saturated heterocycles. The van der Waals surface area contributed by atoms with Crippen molar-refractivity contribution in [3.8, 4) is 0 Å². The van der Waals surface area contributed by atoms with E-state index in [-0.39, 0.29) is 5.91 Å². The van der Waals surface area contributed by atoms with E-state index in [1.807, 2.05) is 5.01 Å². The van der Waals surface area contributed by atoms with Gasteiger partial charge in [0.25, 0.3) is 0 Å². The number of hydrogen-bond donors (Lipinski definition) is 3. The van der Waals surface area contributed by atoms with Crippen LogP contribution in [0, 0.1) is 0 Å². The maximum Gasteiger partial charge on any atom is 0.321 e. The monoisotopic (exact) mass is 230 g/mol. The molecule has 1 aliphatic heterocycles. The second kappa shape index (κ2) is 6.41. The number of carbonyl (C=O) groups excluding carboxylic acids is 2. The maximum absolute atomic E-state index is 11.5. The fourth-order valence-electron chi connectivity index (χ4n) is 1.31. The Balaban J connectivity index is 2.29. The second-order valence-corrected chi connectivity index (χ2v) is 3.52. The summed E-state index contributed by atoms with van der Waals surface area (Å²) in [6.45, 7) is 4.47. The number of carbonyl (C=O) groups is 2. The lowest BCUT2D eigenvalue weighted by molar-refractivity contribution is -0.123. The predicted octanol–water partition coefficient (Wildman–Crippen LogP) is -1.33. The van der Waals surface area contributed by atoms with Gasteiger partial charge in [0.15, 0.2) is 0 Å². The summed E-state index contributed by atoms with van der Waals surface area (Å²) in [5, 5.41) is 6.45. The zero-order valence-corrected chi connectivity index (χ0v) is 9.58. The van der Waals surface area contributed by atoms with Gasteiger partial charge < -0.3 is 10.1 Å². The number of imide groups is 1. The van der Waals surface area contributed by atoms with Gasteiger partial charge in [-0.25, -0.2) is 15.2 Å². The average molecular weight is 230 g/mol. The normalized spacial score (nSPS) is 18.9. The molecule has 1 fully saturated rings. The standard InChI is InChI=1S/C9H18N4O3/c1-7(8(14)11-9(15)10-2)12-13-3-5-16-6-4-13/h7,12H,3-6H2,1-2H3,(H2,10,11,14,15). The number of nitrogens with one attached hydrogen (secondary N) is 3. The van der Waals surface area contributed by atoms with E-state index < -0.39 is 12.1 Å². The number of hydrazine groups is 1. The van der Waals surface area contributed by atoms with E-state index in [0.717, 1.165) is 13.1 Å². The number of rotatable bonds is 3. The number of nitrogens with zero attached hydrogens (tertiary/aromatic N) is 1. The van der Waals surface area contributed by atoms with Crippen LogP contribution in [-0.4, -0.2) is 56.3 Å². The lowest BCUT2D eigenvalue weighted by atomic mass is 10.3. The summed E-state index contributed by atoms with van der Waals surface area (Å²) in [6, 6.07) is -0.948. The molecular formula is C9H18N4O3. The molecule has 16 heavy (non-hydrogen) atoms. The summed E-state index contributed by atoms with van der Waals surface area (Å²) in [5.74, 6) is -0.356. The van der Waals surface area contributed by atoms with E-state index in [1.54, 1.807) is 6.92 Å². The summed E-state index contributed by atoms with van der Waals surface area (Å²) in [4.78, 5) is 22.4. The molecule has 1 heterocycles. The summed E-state index contributed by atoms with van der Waals surface area (Å²) in [6.07, 6.45) is 0. The number of urea groups is 1. The maximum atomic E-state index is 11.5. The van der Waals surface area contributed by atoms with Crippen molar-refractivity contribution >= 4 is 11.9 Å². The third-order valence-electron chi connectivity index (χ3n) is 2.24. The van der Waals surface area contributed by atoms with E-state index >= 15 is 0 Å². The minimum atomic E-state index is -0.499.